The minimum Gasteiger partial charge on any atom is -0.496 e. The number of aryl methyl sites for hydroxylation is 3. The Labute approximate surface area is 159 Å². The van der Waals surface area contributed by atoms with Crippen LogP contribution in [0.25, 0.3) is 11.3 Å². The largest absolute Gasteiger partial charge is 0.496 e. The first kappa shape index (κ1) is 15.9. The molecule has 1 aliphatic rings. The van der Waals surface area contributed by atoms with Gasteiger partial charge in [0.2, 0.25) is 0 Å². The number of methoxy groups -OCH3 is 1. The molecule has 122 valence electrons. The van der Waals surface area contributed by atoms with E-state index in [-0.39, 0.29) is 0 Å². The lowest BCUT2D eigenvalue weighted by molar-refractivity contribution is 0.411. The average molecular weight is 448 g/mol. The highest BCUT2D eigenvalue weighted by molar-refractivity contribution is 14.1. The third-order valence-corrected chi connectivity index (χ3v) is 6.04. The number of halogens is 1. The molecule has 1 aliphatic carbocycles. The molecule has 0 amide bonds. The fourth-order valence-electron chi connectivity index (χ4n) is 3.07. The second kappa shape index (κ2) is 6.37. The zero-order chi connectivity index (χ0) is 16.7. The van der Waals surface area contributed by atoms with Gasteiger partial charge in [0.25, 0.3) is 0 Å². The Balaban J connectivity index is 1.70. The van der Waals surface area contributed by atoms with Crippen LogP contribution >= 0.6 is 33.9 Å². The topological polar surface area (TPSA) is 34.1 Å². The van der Waals surface area contributed by atoms with Gasteiger partial charge < -0.3 is 10.1 Å². The van der Waals surface area contributed by atoms with Gasteiger partial charge in [-0.3, -0.25) is 0 Å². The van der Waals surface area contributed by atoms with Crippen molar-refractivity contribution in [3.8, 4) is 17.0 Å². The molecule has 0 fully saturated rings. The number of thiazole rings is 1. The molecule has 5 heteroatoms. The molecule has 3 nitrogen and oxygen atoms in total. The quantitative estimate of drug-likeness (QED) is 0.532. The van der Waals surface area contributed by atoms with Crippen molar-refractivity contribution in [1.29, 1.82) is 0 Å². The maximum atomic E-state index is 5.46. The number of rotatable bonds is 3. The molecule has 0 radical (unpaired) electrons. The first-order valence-corrected chi connectivity index (χ1v) is 9.74. The SMILES string of the molecule is COc1cc2c(cc1C)-c1nc(Nc3ccc(I)cc3)sc1CC2. The Morgan fingerprint density at radius 2 is 1.96 bits per heavy atom. The molecular weight excluding hydrogens is 431 g/mol. The Hall–Kier alpha value is -1.60. The normalized spacial score (nSPS) is 12.5. The maximum Gasteiger partial charge on any atom is 0.187 e. The van der Waals surface area contributed by atoms with Crippen LogP contribution in [0.1, 0.15) is 16.0 Å². The van der Waals surface area contributed by atoms with E-state index < -0.39 is 0 Å². The molecule has 0 bridgehead atoms. The van der Waals surface area contributed by atoms with E-state index in [0.717, 1.165) is 40.7 Å². The second-order valence-electron chi connectivity index (χ2n) is 5.90. The van der Waals surface area contributed by atoms with E-state index in [1.54, 1.807) is 18.4 Å². The van der Waals surface area contributed by atoms with Crippen molar-refractivity contribution >= 4 is 44.7 Å². The lowest BCUT2D eigenvalue weighted by Gasteiger charge is -2.17. The van der Waals surface area contributed by atoms with Gasteiger partial charge in [0.1, 0.15) is 5.75 Å². The monoisotopic (exact) mass is 448 g/mol. The molecule has 24 heavy (non-hydrogen) atoms. The summed E-state index contributed by atoms with van der Waals surface area (Å²) in [6, 6.07) is 12.7. The van der Waals surface area contributed by atoms with E-state index in [4.69, 9.17) is 9.72 Å². The number of benzene rings is 2. The van der Waals surface area contributed by atoms with Gasteiger partial charge in [0.05, 0.1) is 12.8 Å². The summed E-state index contributed by atoms with van der Waals surface area (Å²) in [5.41, 5.74) is 5.94. The Morgan fingerprint density at radius 1 is 1.17 bits per heavy atom. The molecule has 1 heterocycles. The predicted molar refractivity (Wildman–Crippen MR) is 109 cm³/mol. The number of hydrogen-bond acceptors (Lipinski definition) is 4. The summed E-state index contributed by atoms with van der Waals surface area (Å²) in [6.45, 7) is 2.09. The van der Waals surface area contributed by atoms with Crippen LogP contribution in [0, 0.1) is 10.5 Å². The number of aromatic nitrogens is 1. The summed E-state index contributed by atoms with van der Waals surface area (Å²) >= 11 is 4.07. The van der Waals surface area contributed by atoms with Crippen LogP contribution < -0.4 is 10.1 Å². The zero-order valence-corrected chi connectivity index (χ0v) is 16.5. The lowest BCUT2D eigenvalue weighted by Crippen LogP contribution is -2.03. The summed E-state index contributed by atoms with van der Waals surface area (Å²) in [6.07, 6.45) is 2.09. The summed E-state index contributed by atoms with van der Waals surface area (Å²) in [4.78, 5) is 6.23. The van der Waals surface area contributed by atoms with Crippen LogP contribution in [0.3, 0.4) is 0 Å². The van der Waals surface area contributed by atoms with Gasteiger partial charge in [-0.25, -0.2) is 4.98 Å². The van der Waals surface area contributed by atoms with Crippen LogP contribution in [-0.2, 0) is 12.8 Å². The summed E-state index contributed by atoms with van der Waals surface area (Å²) in [7, 11) is 1.73. The van der Waals surface area contributed by atoms with Crippen LogP contribution in [0.5, 0.6) is 5.75 Å². The molecule has 4 rings (SSSR count). The number of nitrogens with one attached hydrogen (secondary N) is 1. The van der Waals surface area contributed by atoms with Crippen molar-refractivity contribution in [1.82, 2.24) is 4.98 Å². The minimum atomic E-state index is 0.961. The Morgan fingerprint density at radius 3 is 2.71 bits per heavy atom. The van der Waals surface area contributed by atoms with Gasteiger partial charge in [-0.2, -0.15) is 0 Å². The molecule has 1 aromatic heterocycles. The van der Waals surface area contributed by atoms with Crippen LogP contribution in [0.4, 0.5) is 10.8 Å². The van der Waals surface area contributed by atoms with Crippen molar-refractivity contribution < 1.29 is 4.74 Å². The summed E-state index contributed by atoms with van der Waals surface area (Å²) in [5.74, 6) is 0.963. The Bertz CT molecular complexity index is 902. The number of hydrogen-bond donors (Lipinski definition) is 1. The van der Waals surface area contributed by atoms with Gasteiger partial charge >= 0.3 is 0 Å². The average Bonchev–Trinajstić information content (AvgIpc) is 2.99. The van der Waals surface area contributed by atoms with Gasteiger partial charge in [-0.15, -0.1) is 11.3 Å². The van der Waals surface area contributed by atoms with Crippen LogP contribution in [0.15, 0.2) is 36.4 Å². The van der Waals surface area contributed by atoms with E-state index in [1.807, 2.05) is 0 Å². The van der Waals surface area contributed by atoms with E-state index in [9.17, 15) is 0 Å². The molecule has 0 atom stereocenters. The van der Waals surface area contributed by atoms with Crippen LogP contribution in [-0.4, -0.2) is 12.1 Å². The van der Waals surface area contributed by atoms with Crippen molar-refractivity contribution in [3.05, 3.63) is 56.0 Å². The van der Waals surface area contributed by atoms with Gasteiger partial charge in [-0.05, 0) is 89.9 Å². The summed E-state index contributed by atoms with van der Waals surface area (Å²) in [5, 5.41) is 4.40. The van der Waals surface area contributed by atoms with E-state index in [1.165, 1.54) is 19.6 Å². The smallest absolute Gasteiger partial charge is 0.187 e. The number of nitrogens with zero attached hydrogens (tertiary/aromatic N) is 1. The number of anilines is 2. The highest BCUT2D eigenvalue weighted by Crippen LogP contribution is 2.41. The van der Waals surface area contributed by atoms with Gasteiger partial charge in [0.15, 0.2) is 5.13 Å². The molecular formula is C19H17IN2OS. The lowest BCUT2D eigenvalue weighted by atomic mass is 9.91. The second-order valence-corrected chi connectivity index (χ2v) is 8.23. The highest BCUT2D eigenvalue weighted by Gasteiger charge is 2.22. The Kier molecular flexibility index (Phi) is 4.22. The third-order valence-electron chi connectivity index (χ3n) is 4.29. The van der Waals surface area contributed by atoms with Crippen LogP contribution in [0.2, 0.25) is 0 Å². The molecule has 0 saturated heterocycles. The predicted octanol–water partition coefficient (Wildman–Crippen LogP) is 5.57. The van der Waals surface area contributed by atoms with Crippen molar-refractivity contribution in [2.45, 2.75) is 19.8 Å². The van der Waals surface area contributed by atoms with Crippen molar-refractivity contribution in [3.63, 3.8) is 0 Å². The van der Waals surface area contributed by atoms with E-state index in [2.05, 4.69) is 71.2 Å². The fourth-order valence-corrected chi connectivity index (χ4v) is 4.42. The zero-order valence-electron chi connectivity index (χ0n) is 13.5. The highest BCUT2D eigenvalue weighted by atomic mass is 127. The molecule has 1 N–H and O–H groups in total. The molecule has 0 spiro atoms. The van der Waals surface area contributed by atoms with Gasteiger partial charge in [-0.1, -0.05) is 0 Å². The third kappa shape index (κ3) is 2.91. The summed E-state index contributed by atoms with van der Waals surface area (Å²) < 4.78 is 6.69. The van der Waals surface area contributed by atoms with E-state index in [0.29, 0.717) is 0 Å². The van der Waals surface area contributed by atoms with Crippen molar-refractivity contribution in [2.75, 3.05) is 12.4 Å². The molecule has 2 aromatic carbocycles. The number of fused-ring (bicyclic) bond motifs is 3. The molecule has 0 unspecified atom stereocenters. The standard InChI is InChI=1S/C19H17IN2OS/c1-11-9-15-12(10-16(11)23-2)3-8-17-18(15)22-19(24-17)21-14-6-4-13(20)5-7-14/h4-7,9-10H,3,8H2,1-2H3,(H,21,22). The molecule has 0 aliphatic heterocycles. The van der Waals surface area contributed by atoms with Crippen molar-refractivity contribution in [2.24, 2.45) is 0 Å². The number of ether oxygens (including phenoxy) is 1. The van der Waals surface area contributed by atoms with Gasteiger partial charge in [0, 0.05) is 19.7 Å². The molecule has 3 aromatic rings. The minimum absolute atomic E-state index is 0.961. The molecule has 0 saturated carbocycles. The first-order valence-electron chi connectivity index (χ1n) is 7.84. The first-order chi connectivity index (χ1) is 11.6. The van der Waals surface area contributed by atoms with E-state index >= 15 is 0 Å². The maximum absolute atomic E-state index is 5.46. The fraction of sp³-hybridized carbons (Fsp3) is 0.211.